The monoisotopic (exact) mass is 246 g/mol. The lowest BCUT2D eigenvalue weighted by Crippen LogP contribution is -2.25. The molecule has 0 aliphatic carbocycles. The average molecular weight is 246 g/mol. The van der Waals surface area contributed by atoms with E-state index in [1.807, 2.05) is 29.9 Å². The minimum atomic E-state index is 0.383. The van der Waals surface area contributed by atoms with Crippen molar-refractivity contribution in [3.63, 3.8) is 0 Å². The highest BCUT2D eigenvalue weighted by molar-refractivity contribution is 5.38. The van der Waals surface area contributed by atoms with Gasteiger partial charge in [-0.15, -0.1) is 0 Å². The number of rotatable bonds is 4. The molecule has 0 bridgehead atoms. The van der Waals surface area contributed by atoms with Crippen molar-refractivity contribution in [2.24, 2.45) is 0 Å². The van der Waals surface area contributed by atoms with Gasteiger partial charge in [0.2, 0.25) is 0 Å². The van der Waals surface area contributed by atoms with Gasteiger partial charge in [0.05, 0.1) is 11.8 Å². The first kappa shape index (κ1) is 11.6. The Morgan fingerprint density at radius 2 is 2.50 bits per heavy atom. The Bertz CT molecular complexity index is 531. The van der Waals surface area contributed by atoms with Gasteiger partial charge in [-0.3, -0.25) is 0 Å². The number of nitrogens with one attached hydrogen (secondary N) is 1. The minimum absolute atomic E-state index is 0.383. The Morgan fingerprint density at radius 1 is 1.56 bits per heavy atom. The zero-order chi connectivity index (χ0) is 12.4. The highest BCUT2D eigenvalue weighted by Crippen LogP contribution is 2.11. The van der Waals surface area contributed by atoms with E-state index in [4.69, 9.17) is 4.74 Å². The first-order chi connectivity index (χ1) is 8.81. The summed E-state index contributed by atoms with van der Waals surface area (Å²) in [5.74, 6) is 0. The number of aromatic nitrogens is 3. The number of aryl methyl sites for hydroxylation is 1. The van der Waals surface area contributed by atoms with Gasteiger partial charge in [0, 0.05) is 43.7 Å². The van der Waals surface area contributed by atoms with Crippen molar-refractivity contribution in [3.8, 4) is 0 Å². The lowest BCUT2D eigenvalue weighted by atomic mass is 10.2. The third-order valence-corrected chi connectivity index (χ3v) is 3.21. The molecule has 0 amide bonds. The molecule has 5 heteroatoms. The molecular weight excluding hydrogens is 228 g/mol. The summed E-state index contributed by atoms with van der Waals surface area (Å²) >= 11 is 0. The fraction of sp³-hybridized carbons (Fsp3) is 0.538. The van der Waals surface area contributed by atoms with Gasteiger partial charge >= 0.3 is 0 Å². The number of hydrogen-bond donors (Lipinski definition) is 1. The van der Waals surface area contributed by atoms with Crippen molar-refractivity contribution >= 4 is 5.65 Å². The van der Waals surface area contributed by atoms with E-state index >= 15 is 0 Å². The number of fused-ring (bicyclic) bond motifs is 1. The predicted molar refractivity (Wildman–Crippen MR) is 68.4 cm³/mol. The first-order valence-corrected chi connectivity index (χ1v) is 6.44. The van der Waals surface area contributed by atoms with E-state index in [-0.39, 0.29) is 0 Å². The second-order valence-corrected chi connectivity index (χ2v) is 4.82. The molecule has 2 aromatic rings. The third-order valence-electron chi connectivity index (χ3n) is 3.21. The van der Waals surface area contributed by atoms with Crippen LogP contribution in [0.2, 0.25) is 0 Å². The summed E-state index contributed by atoms with van der Waals surface area (Å²) in [5, 5.41) is 7.77. The maximum absolute atomic E-state index is 5.57. The molecule has 18 heavy (non-hydrogen) atoms. The molecule has 1 unspecified atom stereocenters. The summed E-state index contributed by atoms with van der Waals surface area (Å²) in [4.78, 5) is 4.38. The van der Waals surface area contributed by atoms with Crippen LogP contribution in [0.3, 0.4) is 0 Å². The zero-order valence-corrected chi connectivity index (χ0v) is 10.6. The molecular formula is C13H18N4O. The van der Waals surface area contributed by atoms with Crippen LogP contribution >= 0.6 is 0 Å². The van der Waals surface area contributed by atoms with Crippen molar-refractivity contribution in [1.82, 2.24) is 19.9 Å². The van der Waals surface area contributed by atoms with Crippen molar-refractivity contribution in [2.45, 2.75) is 32.4 Å². The average Bonchev–Trinajstić information content (AvgIpc) is 2.96. The van der Waals surface area contributed by atoms with Gasteiger partial charge in [0.15, 0.2) is 5.65 Å². The molecule has 1 N–H and O–H groups in total. The molecule has 1 atom stereocenters. The van der Waals surface area contributed by atoms with Gasteiger partial charge < -0.3 is 10.1 Å². The quantitative estimate of drug-likeness (QED) is 0.883. The standard InChI is InChI=1S/C13H18N4O/c1-10-5-13-15-7-11(9-17(13)16-10)6-14-8-12-3-2-4-18-12/h5,7,9,12,14H,2-4,6,8H2,1H3. The Balaban J connectivity index is 1.59. The van der Waals surface area contributed by atoms with Crippen molar-refractivity contribution in [2.75, 3.05) is 13.2 Å². The van der Waals surface area contributed by atoms with Gasteiger partial charge in [0.25, 0.3) is 0 Å². The van der Waals surface area contributed by atoms with Crippen molar-refractivity contribution in [1.29, 1.82) is 0 Å². The van der Waals surface area contributed by atoms with Crippen LogP contribution in [-0.4, -0.2) is 33.9 Å². The summed E-state index contributed by atoms with van der Waals surface area (Å²) in [6, 6.07) is 1.98. The van der Waals surface area contributed by atoms with E-state index in [9.17, 15) is 0 Å². The van der Waals surface area contributed by atoms with E-state index in [0.29, 0.717) is 6.10 Å². The van der Waals surface area contributed by atoms with Gasteiger partial charge in [-0.2, -0.15) is 5.10 Å². The van der Waals surface area contributed by atoms with E-state index < -0.39 is 0 Å². The molecule has 96 valence electrons. The fourth-order valence-electron chi connectivity index (χ4n) is 2.31. The maximum atomic E-state index is 5.57. The molecule has 0 aromatic carbocycles. The van der Waals surface area contributed by atoms with Crippen LogP contribution in [0.5, 0.6) is 0 Å². The first-order valence-electron chi connectivity index (χ1n) is 6.44. The van der Waals surface area contributed by atoms with Crippen molar-refractivity contribution in [3.05, 3.63) is 29.7 Å². The predicted octanol–water partition coefficient (Wildman–Crippen LogP) is 1.31. The Hall–Kier alpha value is -1.46. The Labute approximate surface area is 106 Å². The van der Waals surface area contributed by atoms with Crippen LogP contribution in [0.25, 0.3) is 5.65 Å². The normalized spacial score (nSPS) is 19.7. The van der Waals surface area contributed by atoms with Crippen LogP contribution in [0.1, 0.15) is 24.1 Å². The summed E-state index contributed by atoms with van der Waals surface area (Å²) in [6.07, 6.45) is 6.67. The van der Waals surface area contributed by atoms with E-state index in [2.05, 4.69) is 15.4 Å². The van der Waals surface area contributed by atoms with E-state index in [1.54, 1.807) is 0 Å². The Kier molecular flexibility index (Phi) is 3.25. The largest absolute Gasteiger partial charge is 0.377 e. The molecule has 1 fully saturated rings. The number of hydrogen-bond acceptors (Lipinski definition) is 4. The van der Waals surface area contributed by atoms with Gasteiger partial charge in [-0.1, -0.05) is 0 Å². The second-order valence-electron chi connectivity index (χ2n) is 4.82. The molecule has 2 aromatic heterocycles. The van der Waals surface area contributed by atoms with E-state index in [1.165, 1.54) is 12.8 Å². The molecule has 0 saturated carbocycles. The van der Waals surface area contributed by atoms with Crippen LogP contribution in [-0.2, 0) is 11.3 Å². The van der Waals surface area contributed by atoms with Gasteiger partial charge in [-0.05, 0) is 19.8 Å². The molecule has 0 spiro atoms. The highest BCUT2D eigenvalue weighted by Gasteiger charge is 2.14. The fourth-order valence-corrected chi connectivity index (χ4v) is 2.31. The number of ether oxygens (including phenoxy) is 1. The van der Waals surface area contributed by atoms with E-state index in [0.717, 1.165) is 36.6 Å². The molecule has 1 saturated heterocycles. The summed E-state index contributed by atoms with van der Waals surface area (Å²) in [7, 11) is 0. The molecule has 3 heterocycles. The lowest BCUT2D eigenvalue weighted by molar-refractivity contribution is 0.110. The van der Waals surface area contributed by atoms with Crippen molar-refractivity contribution < 1.29 is 4.74 Å². The number of nitrogens with zero attached hydrogens (tertiary/aromatic N) is 3. The summed E-state index contributed by atoms with van der Waals surface area (Å²) < 4.78 is 7.40. The van der Waals surface area contributed by atoms with Crippen LogP contribution in [0, 0.1) is 6.92 Å². The molecule has 1 aliphatic rings. The molecule has 1 aliphatic heterocycles. The van der Waals surface area contributed by atoms with Crippen LogP contribution < -0.4 is 5.32 Å². The SMILES string of the molecule is Cc1cc2ncc(CNCC3CCCO3)cn2n1. The topological polar surface area (TPSA) is 51.5 Å². The zero-order valence-electron chi connectivity index (χ0n) is 10.6. The lowest BCUT2D eigenvalue weighted by Gasteiger charge is -2.10. The Morgan fingerprint density at radius 3 is 3.33 bits per heavy atom. The smallest absolute Gasteiger partial charge is 0.155 e. The second kappa shape index (κ2) is 5.04. The molecule has 0 radical (unpaired) electrons. The van der Waals surface area contributed by atoms with Gasteiger partial charge in [0.1, 0.15) is 0 Å². The van der Waals surface area contributed by atoms with Crippen LogP contribution in [0.4, 0.5) is 0 Å². The molecule has 3 rings (SSSR count). The minimum Gasteiger partial charge on any atom is -0.377 e. The summed E-state index contributed by atoms with van der Waals surface area (Å²) in [6.45, 7) is 4.61. The van der Waals surface area contributed by atoms with Crippen LogP contribution in [0.15, 0.2) is 18.5 Å². The molecule has 5 nitrogen and oxygen atoms in total. The summed E-state index contributed by atoms with van der Waals surface area (Å²) in [5.41, 5.74) is 3.03. The highest BCUT2D eigenvalue weighted by atomic mass is 16.5. The maximum Gasteiger partial charge on any atom is 0.155 e. The third kappa shape index (κ3) is 2.52. The van der Waals surface area contributed by atoms with Gasteiger partial charge in [-0.25, -0.2) is 9.50 Å².